The van der Waals surface area contributed by atoms with E-state index >= 15 is 0 Å². The monoisotopic (exact) mass is 489 g/mol. The number of morpholine rings is 1. The Balaban J connectivity index is 1.49. The number of thiazole rings is 1. The molecule has 9 heteroatoms. The Morgan fingerprint density at radius 1 is 1.24 bits per heavy atom. The summed E-state index contributed by atoms with van der Waals surface area (Å²) in [4.78, 5) is 23.1. The van der Waals surface area contributed by atoms with Gasteiger partial charge in [-0.15, -0.1) is 11.8 Å². The number of thioether (sulfide) groups is 1. The minimum atomic E-state index is -0.282. The molecule has 0 unspecified atom stereocenters. The van der Waals surface area contributed by atoms with Gasteiger partial charge in [0.15, 0.2) is 5.13 Å². The number of carbonyl (C=O) groups is 1. The molecule has 0 atom stereocenters. The molecule has 0 bridgehead atoms. The molecule has 2 heterocycles. The summed E-state index contributed by atoms with van der Waals surface area (Å²) in [6, 6.07) is 12.1. The molecule has 33 heavy (non-hydrogen) atoms. The number of ether oxygens (including phenoxy) is 2. The van der Waals surface area contributed by atoms with Crippen molar-refractivity contribution in [3.05, 3.63) is 48.3 Å². The van der Waals surface area contributed by atoms with E-state index < -0.39 is 0 Å². The quantitative estimate of drug-likeness (QED) is 0.386. The first-order chi connectivity index (χ1) is 16.1. The number of para-hydroxylation sites is 1. The summed E-state index contributed by atoms with van der Waals surface area (Å²) in [5.74, 6) is 0.703. The fraction of sp³-hybridized carbons (Fsp3) is 0.417. The maximum Gasteiger partial charge on any atom is 0.239 e. The summed E-state index contributed by atoms with van der Waals surface area (Å²) < 4.78 is 25.4. The number of anilines is 1. The van der Waals surface area contributed by atoms with Crippen LogP contribution in [0.15, 0.2) is 47.4 Å². The molecule has 1 saturated heterocycles. The molecule has 1 fully saturated rings. The van der Waals surface area contributed by atoms with Crippen LogP contribution in [0.2, 0.25) is 0 Å². The van der Waals surface area contributed by atoms with E-state index in [4.69, 9.17) is 14.5 Å². The maximum atomic E-state index is 13.3. The number of nitrogens with zero attached hydrogens (tertiary/aromatic N) is 3. The second-order valence-corrected chi connectivity index (χ2v) is 9.69. The topological polar surface area (TPSA) is 54.9 Å². The molecular formula is C24H28FN3O3S2. The van der Waals surface area contributed by atoms with E-state index in [9.17, 15) is 9.18 Å². The summed E-state index contributed by atoms with van der Waals surface area (Å²) >= 11 is 2.91. The molecule has 1 aliphatic rings. The largest absolute Gasteiger partial charge is 0.492 e. The summed E-state index contributed by atoms with van der Waals surface area (Å²) in [7, 11) is 0. The van der Waals surface area contributed by atoms with Crippen LogP contribution in [0, 0.1) is 5.82 Å². The van der Waals surface area contributed by atoms with Crippen molar-refractivity contribution in [3.63, 3.8) is 0 Å². The number of hydrogen-bond donors (Lipinski definition) is 0. The summed E-state index contributed by atoms with van der Waals surface area (Å²) in [6.07, 6.45) is 0.848. The van der Waals surface area contributed by atoms with Gasteiger partial charge in [-0.25, -0.2) is 9.37 Å². The second kappa shape index (κ2) is 11.8. The van der Waals surface area contributed by atoms with E-state index in [0.29, 0.717) is 18.3 Å². The molecule has 1 aromatic heterocycles. The van der Waals surface area contributed by atoms with Crippen molar-refractivity contribution in [1.82, 2.24) is 9.88 Å². The first-order valence-electron chi connectivity index (χ1n) is 11.1. The first kappa shape index (κ1) is 23.9. The first-order valence-corrected chi connectivity index (χ1v) is 13.0. The predicted molar refractivity (Wildman–Crippen MR) is 132 cm³/mol. The van der Waals surface area contributed by atoms with Crippen molar-refractivity contribution in [2.45, 2.75) is 18.2 Å². The Morgan fingerprint density at radius 2 is 2.03 bits per heavy atom. The van der Waals surface area contributed by atoms with Crippen LogP contribution in [-0.4, -0.2) is 67.5 Å². The smallest absolute Gasteiger partial charge is 0.239 e. The summed E-state index contributed by atoms with van der Waals surface area (Å²) in [5, 5.41) is 0.684. The molecular weight excluding hydrogens is 461 g/mol. The third kappa shape index (κ3) is 6.44. The third-order valence-corrected chi connectivity index (χ3v) is 7.38. The molecule has 1 amide bonds. The van der Waals surface area contributed by atoms with E-state index in [2.05, 4.69) is 4.90 Å². The van der Waals surface area contributed by atoms with Crippen molar-refractivity contribution in [2.75, 3.05) is 56.7 Å². The summed E-state index contributed by atoms with van der Waals surface area (Å²) in [5.41, 5.74) is 0.788. The number of hydrogen-bond acceptors (Lipinski definition) is 7. The fourth-order valence-corrected chi connectivity index (χ4v) is 5.46. The number of amides is 1. The average Bonchev–Trinajstić information content (AvgIpc) is 3.27. The van der Waals surface area contributed by atoms with Crippen LogP contribution in [0.3, 0.4) is 0 Å². The van der Waals surface area contributed by atoms with Crippen LogP contribution < -0.4 is 9.64 Å². The van der Waals surface area contributed by atoms with Gasteiger partial charge in [-0.05, 0) is 49.7 Å². The minimum absolute atomic E-state index is 0.0108. The SMILES string of the molecule is CCOc1cccc2sc(N(CCCN3CCOCC3)C(=O)CSc3ccc(F)cc3)nc12. The highest BCUT2D eigenvalue weighted by atomic mass is 32.2. The van der Waals surface area contributed by atoms with Crippen molar-refractivity contribution >= 4 is 44.4 Å². The van der Waals surface area contributed by atoms with E-state index in [1.165, 1.54) is 35.2 Å². The van der Waals surface area contributed by atoms with E-state index in [0.717, 1.165) is 60.1 Å². The Labute approximate surface area is 201 Å². The van der Waals surface area contributed by atoms with Crippen molar-refractivity contribution in [1.29, 1.82) is 0 Å². The van der Waals surface area contributed by atoms with Crippen molar-refractivity contribution in [2.24, 2.45) is 0 Å². The van der Waals surface area contributed by atoms with Gasteiger partial charge in [-0.3, -0.25) is 14.6 Å². The Kier molecular flexibility index (Phi) is 8.55. The van der Waals surface area contributed by atoms with Gasteiger partial charge < -0.3 is 9.47 Å². The number of aromatic nitrogens is 1. The molecule has 2 aromatic carbocycles. The van der Waals surface area contributed by atoms with Gasteiger partial charge in [0.2, 0.25) is 5.91 Å². The highest BCUT2D eigenvalue weighted by Gasteiger charge is 2.22. The number of halogens is 1. The Hall–Kier alpha value is -2.20. The molecule has 3 aromatic rings. The van der Waals surface area contributed by atoms with Crippen LogP contribution in [0.1, 0.15) is 13.3 Å². The van der Waals surface area contributed by atoms with Crippen molar-refractivity contribution < 1.29 is 18.7 Å². The minimum Gasteiger partial charge on any atom is -0.492 e. The molecule has 1 aliphatic heterocycles. The molecule has 6 nitrogen and oxygen atoms in total. The summed E-state index contributed by atoms with van der Waals surface area (Å²) in [6.45, 7) is 7.37. The van der Waals surface area contributed by atoms with Gasteiger partial charge >= 0.3 is 0 Å². The van der Waals surface area contributed by atoms with Gasteiger partial charge in [-0.2, -0.15) is 0 Å². The standard InChI is InChI=1S/C24H28FN3O3S2/c1-2-31-20-5-3-6-21-23(20)26-24(33-21)28(12-4-11-27-13-15-30-16-14-27)22(29)17-32-19-9-7-18(25)8-10-19/h3,5-10H,2,4,11-17H2,1H3. The number of carbonyl (C=O) groups excluding carboxylic acids is 1. The lowest BCUT2D eigenvalue weighted by molar-refractivity contribution is -0.116. The Bertz CT molecular complexity index is 1050. The fourth-order valence-electron chi connectivity index (χ4n) is 3.66. The molecule has 4 rings (SSSR count). The van der Waals surface area contributed by atoms with E-state index in [1.54, 1.807) is 17.0 Å². The van der Waals surface area contributed by atoms with Gasteiger partial charge in [0, 0.05) is 31.1 Å². The zero-order valence-electron chi connectivity index (χ0n) is 18.7. The van der Waals surface area contributed by atoms with E-state index in [1.807, 2.05) is 25.1 Å². The van der Waals surface area contributed by atoms with Crippen LogP contribution in [0.5, 0.6) is 5.75 Å². The van der Waals surface area contributed by atoms with Gasteiger partial charge in [0.05, 0.1) is 30.3 Å². The van der Waals surface area contributed by atoms with Gasteiger partial charge in [0.1, 0.15) is 17.1 Å². The van der Waals surface area contributed by atoms with Crippen LogP contribution in [0.25, 0.3) is 10.2 Å². The molecule has 176 valence electrons. The zero-order valence-corrected chi connectivity index (χ0v) is 20.3. The normalized spacial score (nSPS) is 14.5. The van der Waals surface area contributed by atoms with E-state index in [-0.39, 0.29) is 17.5 Å². The van der Waals surface area contributed by atoms with Crippen LogP contribution in [0.4, 0.5) is 9.52 Å². The third-order valence-electron chi connectivity index (χ3n) is 5.34. The predicted octanol–water partition coefficient (Wildman–Crippen LogP) is 4.68. The number of rotatable bonds is 10. The Morgan fingerprint density at radius 3 is 2.79 bits per heavy atom. The highest BCUT2D eigenvalue weighted by Crippen LogP contribution is 2.35. The van der Waals surface area contributed by atoms with Crippen LogP contribution in [-0.2, 0) is 9.53 Å². The lowest BCUT2D eigenvalue weighted by Gasteiger charge is -2.27. The molecule has 0 N–H and O–H groups in total. The van der Waals surface area contributed by atoms with Crippen molar-refractivity contribution in [3.8, 4) is 5.75 Å². The zero-order chi connectivity index (χ0) is 23.0. The second-order valence-electron chi connectivity index (χ2n) is 7.63. The highest BCUT2D eigenvalue weighted by molar-refractivity contribution is 8.00. The van der Waals surface area contributed by atoms with Gasteiger partial charge in [0.25, 0.3) is 0 Å². The molecule has 0 saturated carbocycles. The molecule has 0 radical (unpaired) electrons. The number of fused-ring (bicyclic) bond motifs is 1. The molecule has 0 spiro atoms. The lowest BCUT2D eigenvalue weighted by atomic mass is 10.3. The number of benzene rings is 2. The molecule has 0 aliphatic carbocycles. The maximum absolute atomic E-state index is 13.3. The van der Waals surface area contributed by atoms with Crippen LogP contribution >= 0.6 is 23.1 Å². The average molecular weight is 490 g/mol. The van der Waals surface area contributed by atoms with Gasteiger partial charge in [-0.1, -0.05) is 17.4 Å². The lowest BCUT2D eigenvalue weighted by Crippen LogP contribution is -2.39.